The quantitative estimate of drug-likeness (QED) is 0.289. The molecule has 0 saturated heterocycles. The molecule has 1 N–H and O–H groups in total. The van der Waals surface area contributed by atoms with Crippen molar-refractivity contribution in [1.29, 1.82) is 0 Å². The minimum absolute atomic E-state index is 0.261. The zero-order valence-corrected chi connectivity index (χ0v) is 20.0. The van der Waals surface area contributed by atoms with Crippen LogP contribution >= 0.6 is 0 Å². The summed E-state index contributed by atoms with van der Waals surface area (Å²) in [6.07, 6.45) is -6.09. The fraction of sp³-hybridized carbons (Fsp3) is 0.360. The van der Waals surface area contributed by atoms with E-state index in [-0.39, 0.29) is 6.61 Å². The van der Waals surface area contributed by atoms with Crippen LogP contribution in [0.2, 0.25) is 0 Å². The van der Waals surface area contributed by atoms with Gasteiger partial charge in [-0.05, 0) is 68.8 Å². The van der Waals surface area contributed by atoms with Crippen molar-refractivity contribution in [3.05, 3.63) is 65.5 Å². The number of benzene rings is 2. The third kappa shape index (κ3) is 6.67. The molecule has 1 unspecified atom stereocenters. The van der Waals surface area contributed by atoms with Crippen LogP contribution in [0.15, 0.2) is 48.5 Å². The van der Waals surface area contributed by atoms with Gasteiger partial charge in [0.15, 0.2) is 11.5 Å². The number of carbonyl (C=O) groups is 1. The molecule has 0 bridgehead atoms. The van der Waals surface area contributed by atoms with Crippen molar-refractivity contribution in [2.75, 3.05) is 18.5 Å². The van der Waals surface area contributed by atoms with Crippen LogP contribution in [0.5, 0.6) is 17.2 Å². The molecule has 7 nitrogen and oxygen atoms in total. The van der Waals surface area contributed by atoms with Crippen LogP contribution in [0, 0.1) is 0 Å². The minimum atomic E-state index is -3.06. The second-order valence-electron chi connectivity index (χ2n) is 7.67. The van der Waals surface area contributed by atoms with E-state index in [4.69, 9.17) is 14.2 Å². The zero-order valence-electron chi connectivity index (χ0n) is 20.0. The second kappa shape index (κ2) is 12.3. The van der Waals surface area contributed by atoms with Crippen molar-refractivity contribution in [1.82, 2.24) is 9.78 Å². The van der Waals surface area contributed by atoms with Gasteiger partial charge >= 0.3 is 0 Å². The van der Waals surface area contributed by atoms with Crippen LogP contribution in [0.3, 0.4) is 0 Å². The highest BCUT2D eigenvalue weighted by atomic mass is 19.3. The molecule has 2 aromatic carbocycles. The molecule has 1 heterocycles. The highest BCUT2D eigenvalue weighted by Crippen LogP contribution is 2.30. The van der Waals surface area contributed by atoms with Crippen LogP contribution < -0.4 is 19.5 Å². The Morgan fingerprint density at radius 2 is 1.58 bits per heavy atom. The third-order valence-electron chi connectivity index (χ3n) is 5.11. The maximum absolute atomic E-state index is 13.2. The Kier molecular flexibility index (Phi) is 9.15. The number of rotatable bonds is 12. The van der Waals surface area contributed by atoms with E-state index in [9.17, 15) is 22.4 Å². The molecular weight excluding hydrogens is 482 g/mol. The van der Waals surface area contributed by atoms with E-state index in [1.165, 1.54) is 6.92 Å². The lowest BCUT2D eigenvalue weighted by molar-refractivity contribution is -0.119. The van der Waals surface area contributed by atoms with Crippen LogP contribution in [-0.4, -0.2) is 28.9 Å². The number of halogens is 4. The summed E-state index contributed by atoms with van der Waals surface area (Å²) < 4.78 is 69.9. The summed E-state index contributed by atoms with van der Waals surface area (Å²) in [5.74, 6) is 1.12. The summed E-state index contributed by atoms with van der Waals surface area (Å²) >= 11 is 0. The van der Waals surface area contributed by atoms with Crippen LogP contribution in [-0.2, 0) is 11.4 Å². The number of hydrogen-bond acceptors (Lipinski definition) is 5. The number of ether oxygens (including phenoxy) is 3. The normalized spacial score (nSPS) is 12.0. The highest BCUT2D eigenvalue weighted by Gasteiger charge is 2.27. The van der Waals surface area contributed by atoms with Gasteiger partial charge in [-0.1, -0.05) is 6.07 Å². The monoisotopic (exact) mass is 509 g/mol. The summed E-state index contributed by atoms with van der Waals surface area (Å²) in [6, 6.07) is 11.3. The average molecular weight is 510 g/mol. The Morgan fingerprint density at radius 3 is 2.19 bits per heavy atom. The van der Waals surface area contributed by atoms with E-state index in [1.807, 2.05) is 32.0 Å². The molecular formula is C25H27F4N3O4. The highest BCUT2D eigenvalue weighted by molar-refractivity contribution is 5.93. The van der Waals surface area contributed by atoms with Crippen molar-refractivity contribution >= 4 is 11.6 Å². The minimum Gasteiger partial charge on any atom is -0.490 e. The molecule has 0 radical (unpaired) electrons. The van der Waals surface area contributed by atoms with Gasteiger partial charge in [0.25, 0.3) is 12.9 Å². The maximum Gasteiger partial charge on any atom is 0.282 e. The first-order chi connectivity index (χ1) is 17.2. The summed E-state index contributed by atoms with van der Waals surface area (Å²) in [6.45, 7) is 6.34. The standard InChI is InChI=1S/C25H27F4N3O4/c1-4-34-21-11-6-16(12-22(21)35-5-2)14-36-18-9-7-17(8-10-18)30-25(33)15(3)32-20(24(28)29)13-19(31-32)23(26)27/h6-13,15,23-24H,4-5,14H2,1-3H3,(H,30,33). The molecule has 1 aromatic heterocycles. The van der Waals surface area contributed by atoms with Crippen LogP contribution in [0.4, 0.5) is 23.2 Å². The summed E-state index contributed by atoms with van der Waals surface area (Å²) in [5, 5.41) is 6.05. The molecule has 0 fully saturated rings. The smallest absolute Gasteiger partial charge is 0.282 e. The number of nitrogens with zero attached hydrogens (tertiary/aromatic N) is 2. The summed E-state index contributed by atoms with van der Waals surface area (Å²) in [4.78, 5) is 12.6. The number of alkyl halides is 4. The van der Waals surface area contributed by atoms with E-state index in [0.29, 0.717) is 46.9 Å². The lowest BCUT2D eigenvalue weighted by Crippen LogP contribution is -2.26. The molecule has 0 aliphatic heterocycles. The van der Waals surface area contributed by atoms with Crippen LogP contribution in [0.1, 0.15) is 56.6 Å². The van der Waals surface area contributed by atoms with Gasteiger partial charge in [0, 0.05) is 5.69 Å². The molecule has 1 atom stereocenters. The van der Waals surface area contributed by atoms with E-state index in [0.717, 1.165) is 5.56 Å². The topological polar surface area (TPSA) is 74.6 Å². The lowest BCUT2D eigenvalue weighted by atomic mass is 10.2. The van der Waals surface area contributed by atoms with Gasteiger partial charge in [-0.2, -0.15) is 5.10 Å². The average Bonchev–Trinajstić information content (AvgIpc) is 3.31. The first-order valence-electron chi connectivity index (χ1n) is 11.3. The molecule has 0 aliphatic carbocycles. The number of hydrogen-bond donors (Lipinski definition) is 1. The maximum atomic E-state index is 13.2. The van der Waals surface area contributed by atoms with E-state index < -0.39 is 36.2 Å². The van der Waals surface area contributed by atoms with Crippen molar-refractivity contribution in [3.63, 3.8) is 0 Å². The van der Waals surface area contributed by atoms with Crippen LogP contribution in [0.25, 0.3) is 0 Å². The van der Waals surface area contributed by atoms with Crippen molar-refractivity contribution in [2.24, 2.45) is 0 Å². The summed E-state index contributed by atoms with van der Waals surface area (Å²) in [5.41, 5.74) is -0.324. The fourth-order valence-corrected chi connectivity index (χ4v) is 3.35. The van der Waals surface area contributed by atoms with Gasteiger partial charge < -0.3 is 19.5 Å². The number of carbonyl (C=O) groups excluding carboxylic acids is 1. The van der Waals surface area contributed by atoms with Gasteiger partial charge in [-0.25, -0.2) is 17.6 Å². The van der Waals surface area contributed by atoms with Crippen molar-refractivity contribution in [2.45, 2.75) is 46.3 Å². The number of amides is 1. The van der Waals surface area contributed by atoms with E-state index in [2.05, 4.69) is 10.4 Å². The predicted molar refractivity (Wildman–Crippen MR) is 125 cm³/mol. The van der Waals surface area contributed by atoms with E-state index >= 15 is 0 Å². The predicted octanol–water partition coefficient (Wildman–Crippen LogP) is 6.33. The first-order valence-corrected chi connectivity index (χ1v) is 11.3. The molecule has 0 saturated carbocycles. The Hall–Kier alpha value is -3.76. The Bertz CT molecular complexity index is 1150. The molecule has 11 heteroatoms. The molecule has 0 aliphatic rings. The van der Waals surface area contributed by atoms with Gasteiger partial charge in [0.05, 0.1) is 13.2 Å². The Morgan fingerprint density at radius 1 is 0.917 bits per heavy atom. The van der Waals surface area contributed by atoms with Crippen molar-refractivity contribution in [3.8, 4) is 17.2 Å². The molecule has 194 valence electrons. The number of anilines is 1. The number of aromatic nitrogens is 2. The van der Waals surface area contributed by atoms with E-state index in [1.54, 1.807) is 24.3 Å². The Labute approximate surface area is 206 Å². The van der Waals surface area contributed by atoms with Gasteiger partial charge in [0.2, 0.25) is 5.91 Å². The Balaban J connectivity index is 1.62. The first kappa shape index (κ1) is 26.8. The molecule has 1 amide bonds. The van der Waals surface area contributed by atoms with Gasteiger partial charge in [-0.15, -0.1) is 0 Å². The lowest BCUT2D eigenvalue weighted by Gasteiger charge is -2.16. The second-order valence-corrected chi connectivity index (χ2v) is 7.67. The fourth-order valence-electron chi connectivity index (χ4n) is 3.35. The van der Waals surface area contributed by atoms with Gasteiger partial charge in [0.1, 0.15) is 29.8 Å². The van der Waals surface area contributed by atoms with Crippen molar-refractivity contribution < 1.29 is 36.6 Å². The molecule has 3 rings (SSSR count). The SMILES string of the molecule is CCOc1ccc(COc2ccc(NC(=O)C(C)n3nc(C(F)F)cc3C(F)F)cc2)cc1OCC. The largest absolute Gasteiger partial charge is 0.490 e. The molecule has 3 aromatic rings. The molecule has 0 spiro atoms. The zero-order chi connectivity index (χ0) is 26.2. The third-order valence-corrected chi connectivity index (χ3v) is 5.11. The summed E-state index contributed by atoms with van der Waals surface area (Å²) in [7, 11) is 0. The molecule has 36 heavy (non-hydrogen) atoms. The number of nitrogens with one attached hydrogen (secondary N) is 1. The van der Waals surface area contributed by atoms with Gasteiger partial charge in [-0.3, -0.25) is 9.48 Å².